The second-order valence-electron chi connectivity index (χ2n) is 6.61. The molecule has 0 radical (unpaired) electrons. The van der Waals surface area contributed by atoms with Crippen molar-refractivity contribution in [1.82, 2.24) is 4.90 Å². The van der Waals surface area contributed by atoms with E-state index in [4.69, 9.17) is 4.74 Å². The molecule has 0 aromatic heterocycles. The Bertz CT molecular complexity index is 802. The van der Waals surface area contributed by atoms with Crippen LogP contribution in [0, 0.1) is 5.92 Å². The number of nitrogens with zero attached hydrogens (tertiary/aromatic N) is 1. The molecule has 1 unspecified atom stereocenters. The Morgan fingerprint density at radius 2 is 1.81 bits per heavy atom. The fraction of sp³-hybridized carbons (Fsp3) is 0.333. The lowest BCUT2D eigenvalue weighted by molar-refractivity contribution is -0.143. The van der Waals surface area contributed by atoms with Gasteiger partial charge in [-0.1, -0.05) is 42.5 Å². The molecule has 1 fully saturated rings. The zero-order valence-electron chi connectivity index (χ0n) is 14.9. The van der Waals surface area contributed by atoms with E-state index in [0.717, 1.165) is 36.1 Å². The van der Waals surface area contributed by atoms with Crippen molar-refractivity contribution in [2.45, 2.75) is 19.4 Å². The number of likely N-dealkylation sites (tertiary alicyclic amines) is 1. The van der Waals surface area contributed by atoms with Gasteiger partial charge in [-0.2, -0.15) is 0 Å². The van der Waals surface area contributed by atoms with Gasteiger partial charge in [0, 0.05) is 13.1 Å². The van der Waals surface area contributed by atoms with Crippen molar-refractivity contribution in [2.75, 3.05) is 20.2 Å². The summed E-state index contributed by atoms with van der Waals surface area (Å²) in [6.07, 6.45) is 1.62. The molecular formula is C21H23NO4. The van der Waals surface area contributed by atoms with Crippen LogP contribution in [0.25, 0.3) is 11.1 Å². The summed E-state index contributed by atoms with van der Waals surface area (Å²) in [4.78, 5) is 25.6. The van der Waals surface area contributed by atoms with Gasteiger partial charge in [0.25, 0.3) is 0 Å². The zero-order chi connectivity index (χ0) is 18.5. The molecule has 5 heteroatoms. The largest absolute Gasteiger partial charge is 0.481 e. The maximum atomic E-state index is 12.1. The molecule has 0 bridgehead atoms. The predicted molar refractivity (Wildman–Crippen MR) is 98.9 cm³/mol. The molecule has 1 atom stereocenters. The molecule has 1 aliphatic rings. The summed E-state index contributed by atoms with van der Waals surface area (Å²) in [5.41, 5.74) is 3.42. The molecule has 0 aliphatic carbocycles. The van der Waals surface area contributed by atoms with E-state index in [1.807, 2.05) is 42.5 Å². The number of carboxylic acid groups (broad SMARTS) is 1. The van der Waals surface area contributed by atoms with Crippen LogP contribution in [0.5, 0.6) is 0 Å². The quantitative estimate of drug-likeness (QED) is 0.834. The summed E-state index contributed by atoms with van der Waals surface area (Å²) in [6.45, 7) is 2.11. The van der Waals surface area contributed by atoms with Gasteiger partial charge in [0.1, 0.15) is 0 Å². The van der Waals surface area contributed by atoms with Gasteiger partial charge in [-0.15, -0.1) is 0 Å². The highest BCUT2D eigenvalue weighted by molar-refractivity contribution is 5.97. The number of carboxylic acids is 1. The summed E-state index contributed by atoms with van der Waals surface area (Å²) in [5, 5.41) is 9.30. The second-order valence-corrected chi connectivity index (χ2v) is 6.61. The van der Waals surface area contributed by atoms with Crippen LogP contribution in [0.15, 0.2) is 48.5 Å². The van der Waals surface area contributed by atoms with Gasteiger partial charge in [-0.3, -0.25) is 9.69 Å². The van der Waals surface area contributed by atoms with E-state index in [-0.39, 0.29) is 11.9 Å². The van der Waals surface area contributed by atoms with Gasteiger partial charge < -0.3 is 9.84 Å². The van der Waals surface area contributed by atoms with E-state index in [2.05, 4.69) is 4.90 Å². The average molecular weight is 353 g/mol. The number of esters is 1. The Balaban J connectivity index is 1.90. The Labute approximate surface area is 153 Å². The molecule has 2 aromatic carbocycles. The Morgan fingerprint density at radius 1 is 1.12 bits per heavy atom. The first-order valence-corrected chi connectivity index (χ1v) is 8.81. The smallest absolute Gasteiger partial charge is 0.338 e. The highest BCUT2D eigenvalue weighted by Gasteiger charge is 2.26. The molecule has 1 N–H and O–H groups in total. The van der Waals surface area contributed by atoms with Crippen LogP contribution in [0.3, 0.4) is 0 Å². The first-order valence-electron chi connectivity index (χ1n) is 8.81. The lowest BCUT2D eigenvalue weighted by atomic mass is 9.93. The molecule has 0 spiro atoms. The van der Waals surface area contributed by atoms with Gasteiger partial charge in [-0.05, 0) is 42.1 Å². The minimum atomic E-state index is -0.723. The summed E-state index contributed by atoms with van der Waals surface area (Å²) in [5.74, 6) is -1.39. The third-order valence-electron chi connectivity index (χ3n) is 4.89. The lowest BCUT2D eigenvalue weighted by Crippen LogP contribution is -2.38. The highest BCUT2D eigenvalue weighted by atomic mass is 16.5. The van der Waals surface area contributed by atoms with Crippen molar-refractivity contribution in [2.24, 2.45) is 5.92 Å². The number of ether oxygens (including phenoxy) is 1. The minimum Gasteiger partial charge on any atom is -0.481 e. The molecule has 26 heavy (non-hydrogen) atoms. The van der Waals surface area contributed by atoms with E-state index >= 15 is 0 Å². The molecule has 3 rings (SSSR count). The summed E-state index contributed by atoms with van der Waals surface area (Å²) in [6, 6.07) is 15.4. The van der Waals surface area contributed by atoms with Crippen molar-refractivity contribution < 1.29 is 19.4 Å². The molecule has 0 amide bonds. The van der Waals surface area contributed by atoms with E-state index < -0.39 is 5.97 Å². The molecule has 1 heterocycles. The topological polar surface area (TPSA) is 66.8 Å². The van der Waals surface area contributed by atoms with Gasteiger partial charge in [0.2, 0.25) is 0 Å². The number of carbonyl (C=O) groups excluding carboxylic acids is 1. The van der Waals surface area contributed by atoms with Crippen LogP contribution >= 0.6 is 0 Å². The number of carbonyl (C=O) groups is 2. The van der Waals surface area contributed by atoms with E-state index in [9.17, 15) is 14.7 Å². The molecule has 136 valence electrons. The standard InChI is InChI=1S/C21H23NO4/c1-26-21(25)19-11-5-4-10-18(19)17-9-3-2-7-15(17)13-22-12-6-8-16(14-22)20(23)24/h2-5,7,9-11,16H,6,8,12-14H2,1H3,(H,23,24). The van der Waals surface area contributed by atoms with Gasteiger partial charge in [0.15, 0.2) is 0 Å². The molecule has 5 nitrogen and oxygen atoms in total. The van der Waals surface area contributed by atoms with E-state index in [1.165, 1.54) is 7.11 Å². The Morgan fingerprint density at radius 3 is 2.54 bits per heavy atom. The summed E-state index contributed by atoms with van der Waals surface area (Å²) in [7, 11) is 1.38. The van der Waals surface area contributed by atoms with Gasteiger partial charge in [0.05, 0.1) is 18.6 Å². The summed E-state index contributed by atoms with van der Waals surface area (Å²) < 4.78 is 4.91. The van der Waals surface area contributed by atoms with Crippen molar-refractivity contribution in [3.8, 4) is 11.1 Å². The Kier molecular flexibility index (Phi) is 5.68. The zero-order valence-corrected chi connectivity index (χ0v) is 14.9. The molecule has 2 aromatic rings. The third-order valence-corrected chi connectivity index (χ3v) is 4.89. The molecule has 0 saturated carbocycles. The fourth-order valence-corrected chi connectivity index (χ4v) is 3.57. The predicted octanol–water partition coefficient (Wildman–Crippen LogP) is 3.44. The fourth-order valence-electron chi connectivity index (χ4n) is 3.57. The second kappa shape index (κ2) is 8.15. The SMILES string of the molecule is COC(=O)c1ccccc1-c1ccccc1CN1CCCC(C(=O)O)C1. The van der Waals surface area contributed by atoms with Crippen molar-refractivity contribution in [1.29, 1.82) is 0 Å². The van der Waals surface area contributed by atoms with Crippen LogP contribution < -0.4 is 0 Å². The van der Waals surface area contributed by atoms with Crippen LogP contribution in [0.1, 0.15) is 28.8 Å². The number of hydrogen-bond acceptors (Lipinski definition) is 4. The van der Waals surface area contributed by atoms with Crippen molar-refractivity contribution in [3.05, 3.63) is 59.7 Å². The first-order chi connectivity index (χ1) is 12.6. The minimum absolute atomic E-state index is 0.307. The van der Waals surface area contributed by atoms with E-state index in [1.54, 1.807) is 6.07 Å². The van der Waals surface area contributed by atoms with Crippen LogP contribution in [-0.4, -0.2) is 42.1 Å². The third kappa shape index (κ3) is 3.94. The van der Waals surface area contributed by atoms with E-state index in [0.29, 0.717) is 18.7 Å². The number of methoxy groups -OCH3 is 1. The normalized spacial score (nSPS) is 17.7. The number of aliphatic carboxylic acids is 1. The molecular weight excluding hydrogens is 330 g/mol. The number of hydrogen-bond donors (Lipinski definition) is 1. The maximum Gasteiger partial charge on any atom is 0.338 e. The first kappa shape index (κ1) is 18.1. The molecule has 1 aliphatic heterocycles. The Hall–Kier alpha value is -2.66. The van der Waals surface area contributed by atoms with Crippen LogP contribution in [0.2, 0.25) is 0 Å². The number of piperidine rings is 1. The lowest BCUT2D eigenvalue weighted by Gasteiger charge is -2.31. The number of rotatable bonds is 5. The number of benzene rings is 2. The van der Waals surface area contributed by atoms with Gasteiger partial charge >= 0.3 is 11.9 Å². The monoisotopic (exact) mass is 353 g/mol. The van der Waals surface area contributed by atoms with Crippen molar-refractivity contribution in [3.63, 3.8) is 0 Å². The molecule has 1 saturated heterocycles. The van der Waals surface area contributed by atoms with Gasteiger partial charge in [-0.25, -0.2) is 4.79 Å². The van der Waals surface area contributed by atoms with Crippen LogP contribution in [0.4, 0.5) is 0 Å². The maximum absolute atomic E-state index is 12.1. The highest BCUT2D eigenvalue weighted by Crippen LogP contribution is 2.29. The van der Waals surface area contributed by atoms with Crippen LogP contribution in [-0.2, 0) is 16.1 Å². The average Bonchev–Trinajstić information content (AvgIpc) is 2.68. The van der Waals surface area contributed by atoms with Crippen molar-refractivity contribution >= 4 is 11.9 Å². The summed E-state index contributed by atoms with van der Waals surface area (Å²) >= 11 is 0.